The van der Waals surface area contributed by atoms with E-state index in [-0.39, 0.29) is 11.6 Å². The molecule has 0 aliphatic rings. The Morgan fingerprint density at radius 1 is 1.19 bits per heavy atom. The summed E-state index contributed by atoms with van der Waals surface area (Å²) in [6, 6.07) is 11.1. The molecule has 3 nitrogen and oxygen atoms in total. The van der Waals surface area contributed by atoms with E-state index in [1.807, 2.05) is 6.07 Å². The van der Waals surface area contributed by atoms with Crippen molar-refractivity contribution in [2.45, 2.75) is 0 Å². The van der Waals surface area contributed by atoms with E-state index in [1.54, 1.807) is 18.2 Å². The molecule has 0 bridgehead atoms. The molecule has 1 heterocycles. The van der Waals surface area contributed by atoms with E-state index in [1.165, 1.54) is 24.4 Å². The summed E-state index contributed by atoms with van der Waals surface area (Å²) in [6.07, 6.45) is 1.37. The second kappa shape index (κ2) is 4.41. The number of halogens is 1. The van der Waals surface area contributed by atoms with Crippen LogP contribution in [0.25, 0.3) is 0 Å². The zero-order valence-corrected chi connectivity index (χ0v) is 8.22. The number of ether oxygens (including phenoxy) is 1. The molecule has 0 aliphatic heterocycles. The van der Waals surface area contributed by atoms with Gasteiger partial charge in [0.25, 0.3) is 0 Å². The number of para-hydroxylation sites is 1. The Morgan fingerprint density at radius 2 is 2.00 bits per heavy atom. The van der Waals surface area contributed by atoms with Crippen LogP contribution in [-0.4, -0.2) is 4.98 Å². The van der Waals surface area contributed by atoms with Crippen LogP contribution in [0.2, 0.25) is 0 Å². The summed E-state index contributed by atoms with van der Waals surface area (Å²) in [7, 11) is 0. The molecule has 0 radical (unpaired) electrons. The van der Waals surface area contributed by atoms with Gasteiger partial charge in [0.15, 0.2) is 11.6 Å². The van der Waals surface area contributed by atoms with Crippen LogP contribution in [0.3, 0.4) is 0 Å². The van der Waals surface area contributed by atoms with Crippen LogP contribution >= 0.6 is 0 Å². The molecule has 4 heteroatoms. The highest BCUT2D eigenvalue weighted by Crippen LogP contribution is 2.22. The fraction of sp³-hybridized carbons (Fsp3) is 0. The number of pyridine rings is 1. The van der Waals surface area contributed by atoms with Gasteiger partial charge in [0.05, 0.1) is 5.56 Å². The molecule has 2 aromatic rings. The highest BCUT2D eigenvalue weighted by atomic mass is 19.1. The zero-order chi connectivity index (χ0) is 11.4. The standard InChI is InChI=1S/C12H7FN2O/c13-10-3-1-2-4-11(10)16-12-6-5-9(7-14)8-15-12/h1-6,8H. The van der Waals surface area contributed by atoms with Gasteiger partial charge in [0.2, 0.25) is 5.88 Å². The second-order valence-electron chi connectivity index (χ2n) is 3.03. The molecular formula is C12H7FN2O. The summed E-state index contributed by atoms with van der Waals surface area (Å²) >= 11 is 0. The van der Waals surface area contributed by atoms with Crippen molar-refractivity contribution in [2.24, 2.45) is 0 Å². The first-order valence-corrected chi connectivity index (χ1v) is 4.58. The number of nitrogens with zero attached hydrogens (tertiary/aromatic N) is 2. The molecule has 0 aliphatic carbocycles. The van der Waals surface area contributed by atoms with E-state index in [0.717, 1.165) is 0 Å². The van der Waals surface area contributed by atoms with E-state index in [9.17, 15) is 4.39 Å². The molecule has 0 fully saturated rings. The van der Waals surface area contributed by atoms with Crippen LogP contribution in [0.5, 0.6) is 11.6 Å². The van der Waals surface area contributed by atoms with Gasteiger partial charge in [-0.15, -0.1) is 0 Å². The predicted molar refractivity (Wildman–Crippen MR) is 55.4 cm³/mol. The summed E-state index contributed by atoms with van der Waals surface area (Å²) in [5.41, 5.74) is 0.431. The van der Waals surface area contributed by atoms with Crippen molar-refractivity contribution in [1.29, 1.82) is 5.26 Å². The van der Waals surface area contributed by atoms with E-state index in [2.05, 4.69) is 4.98 Å². The molecule has 78 valence electrons. The Labute approximate surface area is 91.7 Å². The molecular weight excluding hydrogens is 207 g/mol. The average Bonchev–Trinajstić information content (AvgIpc) is 2.33. The van der Waals surface area contributed by atoms with Gasteiger partial charge in [-0.05, 0) is 18.2 Å². The maximum atomic E-state index is 13.2. The quantitative estimate of drug-likeness (QED) is 0.772. The number of hydrogen-bond donors (Lipinski definition) is 0. The molecule has 0 N–H and O–H groups in total. The van der Waals surface area contributed by atoms with Crippen LogP contribution in [-0.2, 0) is 0 Å². The van der Waals surface area contributed by atoms with Gasteiger partial charge in [-0.25, -0.2) is 9.37 Å². The lowest BCUT2D eigenvalue weighted by molar-refractivity contribution is 0.427. The van der Waals surface area contributed by atoms with Gasteiger partial charge in [0, 0.05) is 12.3 Å². The smallest absolute Gasteiger partial charge is 0.219 e. The lowest BCUT2D eigenvalue weighted by atomic mass is 10.3. The number of rotatable bonds is 2. The van der Waals surface area contributed by atoms with Gasteiger partial charge < -0.3 is 4.74 Å². The van der Waals surface area contributed by atoms with E-state index in [0.29, 0.717) is 5.56 Å². The number of nitriles is 1. The third-order valence-electron chi connectivity index (χ3n) is 1.92. The Hall–Kier alpha value is -2.41. The molecule has 1 aromatic heterocycles. The van der Waals surface area contributed by atoms with E-state index < -0.39 is 5.82 Å². The number of benzene rings is 1. The Kier molecular flexibility index (Phi) is 2.79. The molecule has 16 heavy (non-hydrogen) atoms. The van der Waals surface area contributed by atoms with Crippen LogP contribution in [0.15, 0.2) is 42.6 Å². The molecule has 0 spiro atoms. The lowest BCUT2D eigenvalue weighted by Crippen LogP contribution is -1.90. The summed E-state index contributed by atoms with van der Waals surface area (Å²) in [5.74, 6) is -0.0857. The van der Waals surface area contributed by atoms with Crippen molar-refractivity contribution in [3.8, 4) is 17.7 Å². The molecule has 2 rings (SSSR count). The van der Waals surface area contributed by atoms with Crippen molar-refractivity contribution in [3.05, 3.63) is 54.0 Å². The Balaban J connectivity index is 2.22. The van der Waals surface area contributed by atoms with Gasteiger partial charge in [0.1, 0.15) is 6.07 Å². The molecule has 1 aromatic carbocycles. The minimum absolute atomic E-state index is 0.111. The zero-order valence-electron chi connectivity index (χ0n) is 8.22. The fourth-order valence-electron chi connectivity index (χ4n) is 1.15. The average molecular weight is 214 g/mol. The monoisotopic (exact) mass is 214 g/mol. The summed E-state index contributed by atoms with van der Waals surface area (Å²) < 4.78 is 18.4. The van der Waals surface area contributed by atoms with Crippen LogP contribution in [0, 0.1) is 17.1 Å². The minimum atomic E-state index is -0.450. The topological polar surface area (TPSA) is 45.9 Å². The Bertz CT molecular complexity index is 531. The van der Waals surface area contributed by atoms with Crippen LogP contribution in [0.1, 0.15) is 5.56 Å². The first kappa shape index (κ1) is 10.1. The van der Waals surface area contributed by atoms with Crippen molar-refractivity contribution in [2.75, 3.05) is 0 Å². The molecule has 0 atom stereocenters. The lowest BCUT2D eigenvalue weighted by Gasteiger charge is -2.04. The molecule has 0 saturated carbocycles. The van der Waals surface area contributed by atoms with E-state index in [4.69, 9.17) is 10.00 Å². The van der Waals surface area contributed by atoms with E-state index >= 15 is 0 Å². The van der Waals surface area contributed by atoms with Crippen molar-refractivity contribution in [3.63, 3.8) is 0 Å². The highest BCUT2D eigenvalue weighted by Gasteiger charge is 2.03. The van der Waals surface area contributed by atoms with Gasteiger partial charge in [-0.1, -0.05) is 12.1 Å². The maximum Gasteiger partial charge on any atom is 0.219 e. The third-order valence-corrected chi connectivity index (χ3v) is 1.92. The molecule has 0 saturated heterocycles. The predicted octanol–water partition coefficient (Wildman–Crippen LogP) is 2.88. The third kappa shape index (κ3) is 2.15. The molecule has 0 unspecified atom stereocenters. The SMILES string of the molecule is N#Cc1ccc(Oc2ccccc2F)nc1. The number of hydrogen-bond acceptors (Lipinski definition) is 3. The van der Waals surface area contributed by atoms with Crippen molar-refractivity contribution >= 4 is 0 Å². The first-order chi connectivity index (χ1) is 7.79. The molecule has 0 amide bonds. The summed E-state index contributed by atoms with van der Waals surface area (Å²) in [4.78, 5) is 3.87. The summed E-state index contributed by atoms with van der Waals surface area (Å²) in [6.45, 7) is 0. The largest absolute Gasteiger partial charge is 0.436 e. The first-order valence-electron chi connectivity index (χ1n) is 4.58. The number of aromatic nitrogens is 1. The van der Waals surface area contributed by atoms with Crippen molar-refractivity contribution in [1.82, 2.24) is 4.98 Å². The van der Waals surface area contributed by atoms with Gasteiger partial charge in [-0.3, -0.25) is 0 Å². The second-order valence-corrected chi connectivity index (χ2v) is 3.03. The van der Waals surface area contributed by atoms with Gasteiger partial charge >= 0.3 is 0 Å². The Morgan fingerprint density at radius 3 is 2.62 bits per heavy atom. The minimum Gasteiger partial charge on any atom is -0.436 e. The van der Waals surface area contributed by atoms with Crippen molar-refractivity contribution < 1.29 is 9.13 Å². The highest BCUT2D eigenvalue weighted by molar-refractivity contribution is 5.32. The van der Waals surface area contributed by atoms with Gasteiger partial charge in [-0.2, -0.15) is 5.26 Å². The summed E-state index contributed by atoms with van der Waals surface area (Å²) in [5, 5.41) is 8.57. The fourth-order valence-corrected chi connectivity index (χ4v) is 1.15. The van der Waals surface area contributed by atoms with Crippen LogP contribution < -0.4 is 4.74 Å². The van der Waals surface area contributed by atoms with Crippen LogP contribution in [0.4, 0.5) is 4.39 Å². The normalized spacial score (nSPS) is 9.50. The maximum absolute atomic E-state index is 13.2.